The molecule has 1 saturated heterocycles. The number of pyridine rings is 2. The normalized spacial score (nSPS) is 18.8. The molecule has 1 aromatic carbocycles. The number of carbonyl (C=O) groups is 1. The van der Waals surface area contributed by atoms with Gasteiger partial charge in [0.25, 0.3) is 0 Å². The lowest BCUT2D eigenvalue weighted by Crippen LogP contribution is -2.41. The van der Waals surface area contributed by atoms with Gasteiger partial charge in [-0.05, 0) is 86.0 Å². The van der Waals surface area contributed by atoms with Crippen LogP contribution >= 0.6 is 0 Å². The Morgan fingerprint density at radius 2 is 2.14 bits per heavy atom. The number of benzene rings is 1. The smallest absolute Gasteiger partial charge is 0.303 e. The van der Waals surface area contributed by atoms with Crippen molar-refractivity contribution in [3.8, 4) is 17.6 Å². The summed E-state index contributed by atoms with van der Waals surface area (Å²) in [5.74, 6) is 6.73. The third-order valence-corrected chi connectivity index (χ3v) is 7.01. The van der Waals surface area contributed by atoms with E-state index in [1.165, 1.54) is 0 Å². The SMILES string of the molecule is COc1ccc2nccc(C(F)CC[C@@H]3CCN(CC#Cc4cccnc4)C[C@@H]3CCC(=O)O)c2c1. The van der Waals surface area contributed by atoms with Crippen molar-refractivity contribution < 1.29 is 19.0 Å². The van der Waals surface area contributed by atoms with Crippen molar-refractivity contribution in [2.75, 3.05) is 26.7 Å². The number of carboxylic acids is 1. The van der Waals surface area contributed by atoms with Gasteiger partial charge in [0, 0.05) is 42.5 Å². The number of likely N-dealkylation sites (tertiary alicyclic amines) is 1. The number of fused-ring (bicyclic) bond motifs is 1. The van der Waals surface area contributed by atoms with E-state index in [0.29, 0.717) is 37.1 Å². The van der Waals surface area contributed by atoms with Gasteiger partial charge in [-0.1, -0.05) is 11.8 Å². The lowest BCUT2D eigenvalue weighted by atomic mass is 9.79. The summed E-state index contributed by atoms with van der Waals surface area (Å²) < 4.78 is 20.8. The Kier molecular flexibility index (Phi) is 8.85. The van der Waals surface area contributed by atoms with Crippen LogP contribution in [0.2, 0.25) is 0 Å². The Bertz CT molecular complexity index is 1220. The van der Waals surface area contributed by atoms with Crippen LogP contribution in [0.25, 0.3) is 10.9 Å². The van der Waals surface area contributed by atoms with Crippen molar-refractivity contribution in [2.45, 2.75) is 38.3 Å². The third kappa shape index (κ3) is 6.79. The van der Waals surface area contributed by atoms with Gasteiger partial charge in [0.1, 0.15) is 11.9 Å². The number of methoxy groups -OCH3 is 1. The van der Waals surface area contributed by atoms with Gasteiger partial charge in [-0.15, -0.1) is 0 Å². The first-order chi connectivity index (χ1) is 17.5. The average molecular weight is 490 g/mol. The number of nitrogens with zero attached hydrogens (tertiary/aromatic N) is 3. The van der Waals surface area contributed by atoms with Gasteiger partial charge in [-0.3, -0.25) is 19.7 Å². The summed E-state index contributed by atoms with van der Waals surface area (Å²) in [5, 5.41) is 10.0. The standard InChI is InChI=1S/C29H32FN3O3/c1-36-24-8-10-28-26(18-24)25(12-15-32-28)27(30)9-6-22-13-17-33(20-23(22)7-11-29(34)35)16-3-5-21-4-2-14-31-19-21/h2,4,8,10,12,14-15,18-19,22-23,27H,6-7,9,11,13,16-17,20H2,1H3,(H,34,35)/t22-,23+,27?/m1/s1. The van der Waals surface area contributed by atoms with E-state index in [2.05, 4.69) is 26.7 Å². The van der Waals surface area contributed by atoms with E-state index < -0.39 is 12.1 Å². The van der Waals surface area contributed by atoms with E-state index in [0.717, 1.165) is 36.0 Å². The predicted molar refractivity (Wildman–Crippen MR) is 137 cm³/mol. The molecule has 36 heavy (non-hydrogen) atoms. The topological polar surface area (TPSA) is 75.5 Å². The molecule has 2 aromatic heterocycles. The van der Waals surface area contributed by atoms with Crippen LogP contribution < -0.4 is 4.74 Å². The van der Waals surface area contributed by atoms with Gasteiger partial charge >= 0.3 is 5.97 Å². The molecule has 6 nitrogen and oxygen atoms in total. The largest absolute Gasteiger partial charge is 0.497 e. The molecule has 0 radical (unpaired) electrons. The van der Waals surface area contributed by atoms with Crippen molar-refractivity contribution in [3.05, 3.63) is 66.1 Å². The Morgan fingerprint density at radius 3 is 2.92 bits per heavy atom. The molecular formula is C29H32FN3O3. The minimum atomic E-state index is -1.12. The van der Waals surface area contributed by atoms with Gasteiger partial charge in [-0.25, -0.2) is 4.39 Å². The number of aromatic nitrogens is 2. The second-order valence-electron chi connectivity index (χ2n) is 9.35. The zero-order valence-corrected chi connectivity index (χ0v) is 20.6. The summed E-state index contributed by atoms with van der Waals surface area (Å²) in [7, 11) is 1.60. The van der Waals surface area contributed by atoms with Gasteiger partial charge < -0.3 is 9.84 Å². The zero-order chi connectivity index (χ0) is 25.3. The first-order valence-corrected chi connectivity index (χ1v) is 12.4. The van der Waals surface area contributed by atoms with Crippen LogP contribution in [0, 0.1) is 23.7 Å². The summed E-state index contributed by atoms with van der Waals surface area (Å²) in [4.78, 5) is 22.0. The first kappa shape index (κ1) is 25.6. The molecule has 1 aliphatic rings. The molecule has 4 rings (SSSR count). The van der Waals surface area contributed by atoms with Crippen molar-refractivity contribution in [1.82, 2.24) is 14.9 Å². The number of halogens is 1. The highest BCUT2D eigenvalue weighted by molar-refractivity contribution is 5.83. The Labute approximate surface area is 211 Å². The summed E-state index contributed by atoms with van der Waals surface area (Å²) >= 11 is 0. The molecule has 3 heterocycles. The molecule has 0 saturated carbocycles. The molecule has 1 fully saturated rings. The predicted octanol–water partition coefficient (Wildman–Crippen LogP) is 5.28. The summed E-state index contributed by atoms with van der Waals surface area (Å²) in [6.07, 6.45) is 6.74. The second kappa shape index (κ2) is 12.5. The van der Waals surface area contributed by atoms with Crippen molar-refractivity contribution in [1.29, 1.82) is 0 Å². The molecule has 3 atom stereocenters. The number of ether oxygens (including phenoxy) is 1. The molecule has 1 aliphatic heterocycles. The molecule has 1 unspecified atom stereocenters. The molecule has 0 amide bonds. The van der Waals surface area contributed by atoms with Crippen LogP contribution in [-0.4, -0.2) is 52.7 Å². The lowest BCUT2D eigenvalue weighted by Gasteiger charge is -2.38. The van der Waals surface area contributed by atoms with Gasteiger partial charge in [-0.2, -0.15) is 0 Å². The number of hydrogen-bond donors (Lipinski definition) is 1. The highest BCUT2D eigenvalue weighted by atomic mass is 19.1. The maximum atomic E-state index is 15.5. The highest BCUT2D eigenvalue weighted by Gasteiger charge is 2.30. The molecule has 0 aliphatic carbocycles. The zero-order valence-electron chi connectivity index (χ0n) is 20.6. The monoisotopic (exact) mass is 489 g/mol. The molecule has 0 spiro atoms. The van der Waals surface area contributed by atoms with Crippen molar-refractivity contribution in [3.63, 3.8) is 0 Å². The summed E-state index contributed by atoms with van der Waals surface area (Å²) in [6.45, 7) is 2.29. The fraction of sp³-hybridized carbons (Fsp3) is 0.414. The van der Waals surface area contributed by atoms with Crippen molar-refractivity contribution >= 4 is 16.9 Å². The molecule has 1 N–H and O–H groups in total. The quantitative estimate of drug-likeness (QED) is 0.412. The molecule has 7 heteroatoms. The maximum Gasteiger partial charge on any atom is 0.303 e. The number of aliphatic carboxylic acids is 1. The van der Waals surface area contributed by atoms with Crippen LogP contribution in [0.4, 0.5) is 4.39 Å². The first-order valence-electron chi connectivity index (χ1n) is 12.4. The van der Waals surface area contributed by atoms with Gasteiger partial charge in [0.05, 0.1) is 19.2 Å². The third-order valence-electron chi connectivity index (χ3n) is 7.01. The van der Waals surface area contributed by atoms with Crippen molar-refractivity contribution in [2.24, 2.45) is 11.8 Å². The fourth-order valence-electron chi connectivity index (χ4n) is 5.07. The minimum absolute atomic E-state index is 0.129. The van der Waals surface area contributed by atoms with Crippen LogP contribution in [-0.2, 0) is 4.79 Å². The van der Waals surface area contributed by atoms with E-state index in [1.54, 1.807) is 31.8 Å². The van der Waals surface area contributed by atoms with E-state index in [1.807, 2.05) is 30.3 Å². The minimum Gasteiger partial charge on any atom is -0.497 e. The number of piperidine rings is 1. The lowest BCUT2D eigenvalue weighted by molar-refractivity contribution is -0.137. The van der Waals surface area contributed by atoms with Gasteiger partial charge in [0.2, 0.25) is 0 Å². The molecular weight excluding hydrogens is 457 g/mol. The Hall–Kier alpha value is -3.50. The second-order valence-corrected chi connectivity index (χ2v) is 9.35. The number of carboxylic acid groups (broad SMARTS) is 1. The fourth-order valence-corrected chi connectivity index (χ4v) is 5.07. The number of hydrogen-bond acceptors (Lipinski definition) is 5. The summed E-state index contributed by atoms with van der Waals surface area (Å²) in [5.41, 5.74) is 2.25. The molecule has 188 valence electrons. The molecule has 3 aromatic rings. The van der Waals surface area contributed by atoms with E-state index in [9.17, 15) is 9.90 Å². The highest BCUT2D eigenvalue weighted by Crippen LogP contribution is 2.36. The Morgan fingerprint density at radius 1 is 1.25 bits per heavy atom. The average Bonchev–Trinajstić information content (AvgIpc) is 2.91. The summed E-state index contributed by atoms with van der Waals surface area (Å²) in [6, 6.07) is 11.1. The van der Waals surface area contributed by atoms with Crippen LogP contribution in [0.15, 0.2) is 55.0 Å². The number of alkyl halides is 1. The Balaban J connectivity index is 1.39. The van der Waals surface area contributed by atoms with E-state index >= 15 is 4.39 Å². The van der Waals surface area contributed by atoms with Gasteiger partial charge in [0.15, 0.2) is 0 Å². The van der Waals surface area contributed by atoms with Crippen LogP contribution in [0.5, 0.6) is 5.75 Å². The number of rotatable bonds is 9. The van der Waals surface area contributed by atoms with Crippen LogP contribution in [0.3, 0.4) is 0 Å². The molecule has 0 bridgehead atoms. The van der Waals surface area contributed by atoms with E-state index in [-0.39, 0.29) is 18.3 Å². The van der Waals surface area contributed by atoms with Crippen LogP contribution in [0.1, 0.15) is 49.4 Å². The maximum absolute atomic E-state index is 15.5. The van der Waals surface area contributed by atoms with E-state index in [4.69, 9.17) is 4.74 Å².